The van der Waals surface area contributed by atoms with Crippen LogP contribution in [-0.4, -0.2) is 47.3 Å². The van der Waals surface area contributed by atoms with E-state index in [1.54, 1.807) is 23.6 Å². The van der Waals surface area contributed by atoms with Gasteiger partial charge in [0.2, 0.25) is 10.0 Å². The molecule has 1 aliphatic heterocycles. The van der Waals surface area contributed by atoms with Gasteiger partial charge in [0.1, 0.15) is 0 Å². The van der Waals surface area contributed by atoms with Crippen molar-refractivity contribution in [1.82, 2.24) is 14.7 Å². The molecule has 8 heteroatoms. The predicted octanol–water partition coefficient (Wildman–Crippen LogP) is -0.0700. The first-order valence-corrected chi connectivity index (χ1v) is 8.14. The monoisotopic (exact) mass is 300 g/mol. The third-order valence-electron chi connectivity index (χ3n) is 3.85. The maximum absolute atomic E-state index is 12.6. The average molecular weight is 300 g/mol. The summed E-state index contributed by atoms with van der Waals surface area (Å²) in [6.07, 6.45) is 1.15. The number of sulfonamides is 1. The van der Waals surface area contributed by atoms with Crippen LogP contribution in [0.2, 0.25) is 0 Å². The number of aryl methyl sites for hydroxylation is 2. The molecule has 1 atom stereocenters. The topological polar surface area (TPSA) is 98.3 Å². The zero-order valence-corrected chi connectivity index (χ0v) is 12.8. The number of aromatic nitrogens is 2. The van der Waals surface area contributed by atoms with Crippen molar-refractivity contribution in [2.45, 2.75) is 31.9 Å². The van der Waals surface area contributed by atoms with Crippen molar-refractivity contribution in [2.24, 2.45) is 12.2 Å². The van der Waals surface area contributed by atoms with Crippen LogP contribution in [0.5, 0.6) is 0 Å². The van der Waals surface area contributed by atoms with Crippen LogP contribution < -0.4 is 5.14 Å². The summed E-state index contributed by atoms with van der Waals surface area (Å²) >= 11 is 0. The number of likely N-dealkylation sites (tertiary alicyclic amines) is 1. The Labute approximate surface area is 118 Å². The predicted molar refractivity (Wildman–Crippen MR) is 74.7 cm³/mol. The standard InChI is InChI=1S/C12H20N4O3S/c1-8-11(9(2)15(3)14-8)12(17)16-6-4-5-10(7-16)20(13,18)19/h10H,4-7H2,1-3H3,(H2,13,18,19). The summed E-state index contributed by atoms with van der Waals surface area (Å²) in [5.41, 5.74) is 2.00. The van der Waals surface area contributed by atoms with Gasteiger partial charge in [0.25, 0.3) is 5.91 Å². The second-order valence-electron chi connectivity index (χ2n) is 5.27. The van der Waals surface area contributed by atoms with Gasteiger partial charge in [0.15, 0.2) is 0 Å². The summed E-state index contributed by atoms with van der Waals surface area (Å²) in [5.74, 6) is -0.165. The van der Waals surface area contributed by atoms with Crippen LogP contribution in [0, 0.1) is 13.8 Å². The molecule has 0 aromatic carbocycles. The lowest BCUT2D eigenvalue weighted by Crippen LogP contribution is -2.47. The van der Waals surface area contributed by atoms with Crippen molar-refractivity contribution in [3.8, 4) is 0 Å². The molecule has 1 aromatic rings. The van der Waals surface area contributed by atoms with E-state index in [9.17, 15) is 13.2 Å². The minimum Gasteiger partial charge on any atom is -0.337 e. The van der Waals surface area contributed by atoms with Gasteiger partial charge in [-0.1, -0.05) is 0 Å². The molecule has 7 nitrogen and oxygen atoms in total. The number of carbonyl (C=O) groups excluding carboxylic acids is 1. The lowest BCUT2D eigenvalue weighted by atomic mass is 10.1. The minimum absolute atomic E-state index is 0.158. The fourth-order valence-corrected chi connectivity index (χ4v) is 3.51. The van der Waals surface area contributed by atoms with Crippen LogP contribution in [0.1, 0.15) is 34.6 Å². The third kappa shape index (κ3) is 2.71. The number of nitrogens with zero attached hydrogens (tertiary/aromatic N) is 3. The highest BCUT2D eigenvalue weighted by Crippen LogP contribution is 2.20. The Morgan fingerprint density at radius 2 is 2.05 bits per heavy atom. The molecule has 1 fully saturated rings. The van der Waals surface area contributed by atoms with Crippen LogP contribution in [0.15, 0.2) is 0 Å². The molecule has 2 heterocycles. The highest BCUT2D eigenvalue weighted by Gasteiger charge is 2.32. The van der Waals surface area contributed by atoms with E-state index in [0.717, 1.165) is 5.69 Å². The Morgan fingerprint density at radius 3 is 2.55 bits per heavy atom. The van der Waals surface area contributed by atoms with E-state index in [0.29, 0.717) is 30.6 Å². The first-order valence-electron chi connectivity index (χ1n) is 6.53. The van der Waals surface area contributed by atoms with Gasteiger partial charge >= 0.3 is 0 Å². The van der Waals surface area contributed by atoms with Crippen molar-refractivity contribution in [3.05, 3.63) is 17.0 Å². The number of amides is 1. The molecule has 0 radical (unpaired) electrons. The summed E-state index contributed by atoms with van der Waals surface area (Å²) in [7, 11) is -1.82. The van der Waals surface area contributed by atoms with Gasteiger partial charge in [-0.05, 0) is 26.7 Å². The number of carbonyl (C=O) groups is 1. The smallest absolute Gasteiger partial charge is 0.257 e. The molecule has 2 N–H and O–H groups in total. The molecule has 1 saturated heterocycles. The van der Waals surface area contributed by atoms with E-state index in [1.807, 2.05) is 6.92 Å². The maximum Gasteiger partial charge on any atom is 0.257 e. The highest BCUT2D eigenvalue weighted by atomic mass is 32.2. The summed E-state index contributed by atoms with van der Waals surface area (Å²) < 4.78 is 24.6. The average Bonchev–Trinajstić information content (AvgIpc) is 2.62. The van der Waals surface area contributed by atoms with E-state index in [2.05, 4.69) is 5.10 Å². The van der Waals surface area contributed by atoms with Crippen molar-refractivity contribution in [1.29, 1.82) is 0 Å². The molecule has 20 heavy (non-hydrogen) atoms. The first-order chi connectivity index (χ1) is 9.21. The van der Waals surface area contributed by atoms with E-state index >= 15 is 0 Å². The third-order valence-corrected chi connectivity index (χ3v) is 5.17. The number of primary sulfonamides is 1. The van der Waals surface area contributed by atoms with Crippen LogP contribution in [0.4, 0.5) is 0 Å². The van der Waals surface area contributed by atoms with Crippen molar-refractivity contribution in [3.63, 3.8) is 0 Å². The van der Waals surface area contributed by atoms with Crippen molar-refractivity contribution < 1.29 is 13.2 Å². The van der Waals surface area contributed by atoms with E-state index < -0.39 is 15.3 Å². The zero-order valence-electron chi connectivity index (χ0n) is 12.0. The number of hydrogen-bond donors (Lipinski definition) is 1. The normalized spacial score (nSPS) is 20.2. The van der Waals surface area contributed by atoms with Crippen LogP contribution in [-0.2, 0) is 17.1 Å². The quantitative estimate of drug-likeness (QED) is 0.826. The molecular formula is C12H20N4O3S. The summed E-state index contributed by atoms with van der Waals surface area (Å²) in [4.78, 5) is 14.1. The lowest BCUT2D eigenvalue weighted by Gasteiger charge is -2.31. The van der Waals surface area contributed by atoms with E-state index in [-0.39, 0.29) is 12.5 Å². The van der Waals surface area contributed by atoms with Crippen molar-refractivity contribution >= 4 is 15.9 Å². The Bertz CT molecular complexity index is 635. The summed E-state index contributed by atoms with van der Waals surface area (Å²) in [6.45, 7) is 4.32. The van der Waals surface area contributed by atoms with E-state index in [1.165, 1.54) is 0 Å². The Morgan fingerprint density at radius 1 is 1.40 bits per heavy atom. The number of rotatable bonds is 2. The number of nitrogens with two attached hydrogens (primary N) is 1. The van der Waals surface area contributed by atoms with Gasteiger partial charge in [0.05, 0.1) is 16.5 Å². The molecule has 0 spiro atoms. The van der Waals surface area contributed by atoms with Crippen LogP contribution >= 0.6 is 0 Å². The molecule has 112 valence electrons. The first kappa shape index (κ1) is 15.0. The van der Waals surface area contributed by atoms with Crippen LogP contribution in [0.25, 0.3) is 0 Å². The molecule has 0 aliphatic carbocycles. The van der Waals surface area contributed by atoms with Gasteiger partial charge in [-0.2, -0.15) is 5.10 Å². The van der Waals surface area contributed by atoms with E-state index in [4.69, 9.17) is 5.14 Å². The second kappa shape index (κ2) is 5.17. The maximum atomic E-state index is 12.6. The number of piperidine rings is 1. The molecule has 1 aromatic heterocycles. The highest BCUT2D eigenvalue weighted by molar-refractivity contribution is 7.89. The Kier molecular flexibility index (Phi) is 3.88. The number of hydrogen-bond acceptors (Lipinski definition) is 4. The Hall–Kier alpha value is -1.41. The van der Waals surface area contributed by atoms with Gasteiger partial charge in [-0.3, -0.25) is 9.48 Å². The van der Waals surface area contributed by atoms with Gasteiger partial charge < -0.3 is 4.90 Å². The molecule has 1 aliphatic rings. The molecular weight excluding hydrogens is 280 g/mol. The molecule has 1 unspecified atom stereocenters. The van der Waals surface area contributed by atoms with Crippen LogP contribution in [0.3, 0.4) is 0 Å². The molecule has 1 amide bonds. The largest absolute Gasteiger partial charge is 0.337 e. The van der Waals surface area contributed by atoms with Gasteiger partial charge in [-0.15, -0.1) is 0 Å². The van der Waals surface area contributed by atoms with Gasteiger partial charge in [-0.25, -0.2) is 13.6 Å². The molecule has 0 saturated carbocycles. The summed E-state index contributed by atoms with van der Waals surface area (Å²) in [6, 6.07) is 0. The lowest BCUT2D eigenvalue weighted by molar-refractivity contribution is 0.0725. The van der Waals surface area contributed by atoms with Gasteiger partial charge in [0, 0.05) is 25.8 Å². The zero-order chi connectivity index (χ0) is 15.1. The fourth-order valence-electron chi connectivity index (χ4n) is 2.63. The van der Waals surface area contributed by atoms with Crippen molar-refractivity contribution in [2.75, 3.05) is 13.1 Å². The minimum atomic E-state index is -3.60. The second-order valence-corrected chi connectivity index (χ2v) is 7.12. The SMILES string of the molecule is Cc1nn(C)c(C)c1C(=O)N1CCCC(S(N)(=O)=O)C1. The summed E-state index contributed by atoms with van der Waals surface area (Å²) in [5, 5.41) is 8.74. The molecule has 0 bridgehead atoms. The molecule has 2 rings (SSSR count). The fraction of sp³-hybridized carbons (Fsp3) is 0.667. The Balaban J connectivity index is 2.25.